The predicted molar refractivity (Wildman–Crippen MR) is 94.7 cm³/mol. The number of rotatable bonds is 5. The van der Waals surface area contributed by atoms with Crippen LogP contribution in [0, 0.1) is 18.7 Å². The molecule has 2 amide bonds. The first kappa shape index (κ1) is 17.6. The molecule has 1 aliphatic heterocycles. The van der Waals surface area contributed by atoms with E-state index in [-0.39, 0.29) is 11.5 Å². The topological polar surface area (TPSA) is 67.4 Å². The van der Waals surface area contributed by atoms with Gasteiger partial charge in [0.15, 0.2) is 0 Å². The monoisotopic (exact) mass is 362 g/mol. The zero-order chi connectivity index (χ0) is 17.8. The number of aryl methyl sites for hydroxylation is 1. The quantitative estimate of drug-likeness (QED) is 0.858. The van der Waals surface area contributed by atoms with Gasteiger partial charge in [-0.1, -0.05) is 6.07 Å². The molecule has 2 heterocycles. The fourth-order valence-corrected chi connectivity index (χ4v) is 3.63. The fraction of sp³-hybridized carbons (Fsp3) is 0.333. The van der Waals surface area contributed by atoms with Crippen LogP contribution in [0.25, 0.3) is 0 Å². The second-order valence-corrected chi connectivity index (χ2v) is 7.08. The molecule has 7 heteroatoms. The van der Waals surface area contributed by atoms with Crippen LogP contribution in [0.5, 0.6) is 0 Å². The van der Waals surface area contributed by atoms with Gasteiger partial charge in [-0.3, -0.25) is 9.59 Å². The Balaban J connectivity index is 1.63. The van der Waals surface area contributed by atoms with E-state index in [1.165, 1.54) is 35.6 Å². The van der Waals surface area contributed by atoms with E-state index in [0.29, 0.717) is 28.9 Å². The van der Waals surface area contributed by atoms with E-state index in [4.69, 9.17) is 4.74 Å². The Kier molecular flexibility index (Phi) is 5.45. The third kappa shape index (κ3) is 4.43. The van der Waals surface area contributed by atoms with E-state index in [1.807, 2.05) is 6.92 Å². The normalized spacial score (nSPS) is 16.6. The van der Waals surface area contributed by atoms with Crippen LogP contribution in [0.3, 0.4) is 0 Å². The number of benzene rings is 1. The molecule has 25 heavy (non-hydrogen) atoms. The average molecular weight is 362 g/mol. The van der Waals surface area contributed by atoms with Crippen molar-refractivity contribution in [1.29, 1.82) is 0 Å². The Bertz CT molecular complexity index is 784. The molecule has 2 N–H and O–H groups in total. The van der Waals surface area contributed by atoms with Crippen LogP contribution in [-0.4, -0.2) is 31.6 Å². The Morgan fingerprint density at radius 1 is 1.32 bits per heavy atom. The van der Waals surface area contributed by atoms with E-state index < -0.39 is 11.7 Å². The van der Waals surface area contributed by atoms with Crippen molar-refractivity contribution in [2.24, 2.45) is 5.92 Å². The number of hydrogen-bond donors (Lipinski definition) is 2. The molecule has 1 fully saturated rings. The second kappa shape index (κ2) is 7.76. The van der Waals surface area contributed by atoms with Crippen molar-refractivity contribution in [3.63, 3.8) is 0 Å². The van der Waals surface area contributed by atoms with Gasteiger partial charge in [-0.05, 0) is 43.2 Å². The van der Waals surface area contributed by atoms with Crippen molar-refractivity contribution >= 4 is 28.2 Å². The van der Waals surface area contributed by atoms with Gasteiger partial charge in [0.2, 0.25) is 0 Å². The van der Waals surface area contributed by atoms with Crippen molar-refractivity contribution in [1.82, 2.24) is 5.32 Å². The number of carbonyl (C=O) groups is 2. The van der Waals surface area contributed by atoms with Crippen molar-refractivity contribution in [3.8, 4) is 0 Å². The van der Waals surface area contributed by atoms with Crippen LogP contribution in [-0.2, 0) is 4.74 Å². The maximum atomic E-state index is 13.2. The molecular formula is C18H19FN2O3S. The summed E-state index contributed by atoms with van der Waals surface area (Å²) in [6, 6.07) is 7.22. The van der Waals surface area contributed by atoms with Gasteiger partial charge in [-0.25, -0.2) is 4.39 Å². The van der Waals surface area contributed by atoms with Crippen LogP contribution in [0.15, 0.2) is 30.3 Å². The third-order valence-electron chi connectivity index (χ3n) is 4.02. The Hall–Kier alpha value is -2.25. The number of anilines is 1. The molecule has 1 saturated heterocycles. The summed E-state index contributed by atoms with van der Waals surface area (Å²) in [5.41, 5.74) is 1.03. The van der Waals surface area contributed by atoms with E-state index in [2.05, 4.69) is 10.6 Å². The summed E-state index contributed by atoms with van der Waals surface area (Å²) in [5.74, 6) is -0.668. The van der Waals surface area contributed by atoms with Crippen molar-refractivity contribution in [2.45, 2.75) is 13.3 Å². The van der Waals surface area contributed by atoms with E-state index in [0.717, 1.165) is 18.6 Å². The zero-order valence-corrected chi connectivity index (χ0v) is 14.6. The molecule has 0 aliphatic carbocycles. The number of carbonyl (C=O) groups excluding carboxylic acids is 2. The highest BCUT2D eigenvalue weighted by Crippen LogP contribution is 2.27. The van der Waals surface area contributed by atoms with Gasteiger partial charge in [0.25, 0.3) is 11.8 Å². The number of nitrogens with one attached hydrogen (secondary N) is 2. The Morgan fingerprint density at radius 2 is 2.16 bits per heavy atom. The van der Waals surface area contributed by atoms with Gasteiger partial charge in [0.05, 0.1) is 16.5 Å². The summed E-state index contributed by atoms with van der Waals surface area (Å²) in [6.07, 6.45) is 0.957. The Labute approximate surface area is 149 Å². The molecule has 0 radical (unpaired) electrons. The fourth-order valence-electron chi connectivity index (χ4n) is 2.64. The zero-order valence-electron chi connectivity index (χ0n) is 13.8. The van der Waals surface area contributed by atoms with Crippen LogP contribution < -0.4 is 10.6 Å². The number of halogens is 1. The first-order valence-corrected chi connectivity index (χ1v) is 8.88. The number of hydrogen-bond acceptors (Lipinski definition) is 4. The molecule has 1 unspecified atom stereocenters. The van der Waals surface area contributed by atoms with Gasteiger partial charge in [0, 0.05) is 24.6 Å². The first-order chi connectivity index (χ1) is 12.0. The average Bonchev–Trinajstić information content (AvgIpc) is 3.22. The third-order valence-corrected chi connectivity index (χ3v) is 5.17. The molecule has 1 aromatic heterocycles. The van der Waals surface area contributed by atoms with Crippen molar-refractivity contribution in [2.75, 3.05) is 25.1 Å². The molecule has 0 bridgehead atoms. The smallest absolute Gasteiger partial charge is 0.261 e. The molecule has 132 valence electrons. The molecule has 1 atom stereocenters. The maximum absolute atomic E-state index is 13.2. The van der Waals surface area contributed by atoms with Crippen LogP contribution >= 0.6 is 11.3 Å². The molecule has 5 nitrogen and oxygen atoms in total. The minimum Gasteiger partial charge on any atom is -0.381 e. The SMILES string of the molecule is Cc1cc(NC(=O)c2cccc(F)c2)sc1C(=O)NCC1CCOC1. The second-order valence-electron chi connectivity index (χ2n) is 6.03. The highest BCUT2D eigenvalue weighted by molar-refractivity contribution is 7.18. The molecule has 2 aromatic rings. The summed E-state index contributed by atoms with van der Waals surface area (Å²) >= 11 is 1.21. The first-order valence-electron chi connectivity index (χ1n) is 8.06. The van der Waals surface area contributed by atoms with Crippen molar-refractivity contribution in [3.05, 3.63) is 52.2 Å². The highest BCUT2D eigenvalue weighted by atomic mass is 32.1. The predicted octanol–water partition coefficient (Wildman–Crippen LogP) is 3.21. The summed E-state index contributed by atoms with van der Waals surface area (Å²) in [7, 11) is 0. The minimum atomic E-state index is -0.467. The largest absolute Gasteiger partial charge is 0.381 e. The molecule has 3 rings (SSSR count). The van der Waals surface area contributed by atoms with Gasteiger partial charge in [-0.2, -0.15) is 0 Å². The molecule has 0 spiro atoms. The van der Waals surface area contributed by atoms with E-state index in [1.54, 1.807) is 6.07 Å². The number of amides is 2. The van der Waals surface area contributed by atoms with Gasteiger partial charge < -0.3 is 15.4 Å². The Morgan fingerprint density at radius 3 is 2.88 bits per heavy atom. The van der Waals surface area contributed by atoms with Gasteiger partial charge >= 0.3 is 0 Å². The number of ether oxygens (including phenoxy) is 1. The lowest BCUT2D eigenvalue weighted by Crippen LogP contribution is -2.29. The molecule has 1 aromatic carbocycles. The highest BCUT2D eigenvalue weighted by Gasteiger charge is 2.19. The van der Waals surface area contributed by atoms with Crippen LogP contribution in [0.2, 0.25) is 0 Å². The lowest BCUT2D eigenvalue weighted by atomic mass is 10.1. The summed E-state index contributed by atoms with van der Waals surface area (Å²) in [6.45, 7) is 3.83. The summed E-state index contributed by atoms with van der Waals surface area (Å²) in [4.78, 5) is 25.1. The standard InChI is InChI=1S/C18H19FN2O3S/c1-11-7-15(21-17(22)13-3-2-4-14(19)8-13)25-16(11)18(23)20-9-12-5-6-24-10-12/h2-4,7-8,12H,5-6,9-10H2,1H3,(H,20,23)(H,21,22). The molecule has 1 aliphatic rings. The van der Waals surface area contributed by atoms with E-state index >= 15 is 0 Å². The van der Waals surface area contributed by atoms with Gasteiger partial charge in [0.1, 0.15) is 5.82 Å². The lowest BCUT2D eigenvalue weighted by molar-refractivity contribution is 0.0947. The minimum absolute atomic E-state index is 0.152. The molecule has 0 saturated carbocycles. The van der Waals surface area contributed by atoms with Crippen LogP contribution in [0.1, 0.15) is 32.0 Å². The van der Waals surface area contributed by atoms with E-state index in [9.17, 15) is 14.0 Å². The summed E-state index contributed by atoms with van der Waals surface area (Å²) < 4.78 is 18.5. The van der Waals surface area contributed by atoms with Crippen molar-refractivity contribution < 1.29 is 18.7 Å². The molecular weight excluding hydrogens is 343 g/mol. The van der Waals surface area contributed by atoms with Crippen LogP contribution in [0.4, 0.5) is 9.39 Å². The maximum Gasteiger partial charge on any atom is 0.261 e. The lowest BCUT2D eigenvalue weighted by Gasteiger charge is -2.08. The van der Waals surface area contributed by atoms with Gasteiger partial charge in [-0.15, -0.1) is 11.3 Å². The summed E-state index contributed by atoms with van der Waals surface area (Å²) in [5, 5.41) is 6.18. The number of thiophene rings is 1.